The van der Waals surface area contributed by atoms with Crippen molar-refractivity contribution in [2.75, 3.05) is 13.2 Å². The van der Waals surface area contributed by atoms with E-state index in [9.17, 15) is 20.1 Å². The monoisotopic (exact) mass is 493 g/mol. The molecule has 0 saturated carbocycles. The Morgan fingerprint density at radius 3 is 1.76 bits per heavy atom. The minimum absolute atomic E-state index is 0.0731. The summed E-state index contributed by atoms with van der Waals surface area (Å²) < 4.78 is 10.6. The molecular formula is C30H27N3O4. The summed E-state index contributed by atoms with van der Waals surface area (Å²) in [6.07, 6.45) is 0. The van der Waals surface area contributed by atoms with Crippen LogP contribution in [0.3, 0.4) is 0 Å². The predicted octanol–water partition coefficient (Wildman–Crippen LogP) is 4.81. The quantitative estimate of drug-likeness (QED) is 0.296. The van der Waals surface area contributed by atoms with Gasteiger partial charge in [0.15, 0.2) is 12.0 Å². The summed E-state index contributed by atoms with van der Waals surface area (Å²) in [5, 5.41) is 19.3. The highest BCUT2D eigenvalue weighted by Crippen LogP contribution is 2.33. The van der Waals surface area contributed by atoms with Gasteiger partial charge in [0.1, 0.15) is 0 Å². The molecule has 0 amide bonds. The van der Waals surface area contributed by atoms with Crippen LogP contribution in [0.4, 0.5) is 0 Å². The van der Waals surface area contributed by atoms with Gasteiger partial charge in [-0.1, -0.05) is 72.8 Å². The lowest BCUT2D eigenvalue weighted by Crippen LogP contribution is -2.37. The third kappa shape index (κ3) is 6.68. The molecule has 7 nitrogen and oxygen atoms in total. The summed E-state index contributed by atoms with van der Waals surface area (Å²) >= 11 is 0. The normalized spacial score (nSPS) is 12.6. The zero-order valence-corrected chi connectivity index (χ0v) is 20.7. The summed E-state index contributed by atoms with van der Waals surface area (Å²) in [5.74, 6) is -3.81. The van der Waals surface area contributed by atoms with Gasteiger partial charge in [-0.2, -0.15) is 10.5 Å². The fraction of sp³-hybridized carbons (Fsp3) is 0.233. The number of hydrogen-bond acceptors (Lipinski definition) is 7. The van der Waals surface area contributed by atoms with E-state index >= 15 is 0 Å². The van der Waals surface area contributed by atoms with Gasteiger partial charge < -0.3 is 9.47 Å². The lowest BCUT2D eigenvalue weighted by atomic mass is 9.80. The first-order valence-corrected chi connectivity index (χ1v) is 12.0. The van der Waals surface area contributed by atoms with E-state index in [1.165, 1.54) is 0 Å². The molecule has 0 heterocycles. The van der Waals surface area contributed by atoms with E-state index in [1.807, 2.05) is 66.7 Å². The molecule has 3 unspecified atom stereocenters. The standard InChI is InChI=1S/C30H27N3O4/c1-3-36-29(34)25(20-32)26(22-17-15-21(19-31)16-18-22)28(30(35)37-4-2)33-27(23-11-7-5-8-12-23)24-13-9-6-10-14-24/h5-18,25-26,28H,3-4H2,1-2H3. The summed E-state index contributed by atoms with van der Waals surface area (Å²) in [7, 11) is 0. The van der Waals surface area contributed by atoms with Crippen LogP contribution in [-0.4, -0.2) is 36.9 Å². The van der Waals surface area contributed by atoms with Crippen LogP contribution in [0.1, 0.15) is 42.0 Å². The molecule has 7 heteroatoms. The molecule has 186 valence electrons. The minimum Gasteiger partial charge on any atom is -0.465 e. The van der Waals surface area contributed by atoms with Gasteiger partial charge in [-0.3, -0.25) is 9.79 Å². The van der Waals surface area contributed by atoms with Crippen LogP contribution < -0.4 is 0 Å². The molecule has 0 saturated heterocycles. The number of carbonyl (C=O) groups is 2. The van der Waals surface area contributed by atoms with Crippen LogP contribution in [0.25, 0.3) is 0 Å². The first-order chi connectivity index (χ1) is 18.0. The summed E-state index contributed by atoms with van der Waals surface area (Å²) in [6.45, 7) is 3.49. The van der Waals surface area contributed by atoms with Crippen molar-refractivity contribution in [1.82, 2.24) is 0 Å². The van der Waals surface area contributed by atoms with Crippen LogP contribution in [0.15, 0.2) is 89.9 Å². The van der Waals surface area contributed by atoms with Crippen molar-refractivity contribution < 1.29 is 19.1 Å². The molecule has 0 bridgehead atoms. The number of aliphatic imine (C=N–C) groups is 1. The highest BCUT2D eigenvalue weighted by molar-refractivity contribution is 6.13. The van der Waals surface area contributed by atoms with Crippen LogP contribution in [-0.2, 0) is 19.1 Å². The van der Waals surface area contributed by atoms with Crippen molar-refractivity contribution >= 4 is 17.7 Å². The van der Waals surface area contributed by atoms with Crippen molar-refractivity contribution in [3.05, 3.63) is 107 Å². The van der Waals surface area contributed by atoms with E-state index in [-0.39, 0.29) is 13.2 Å². The SMILES string of the molecule is CCOC(=O)C(C#N)C(c1ccc(C#N)cc1)C(N=C(c1ccccc1)c1ccccc1)C(=O)OCC. The Hall–Kier alpha value is -4.75. The third-order valence-electron chi connectivity index (χ3n) is 5.69. The summed E-state index contributed by atoms with van der Waals surface area (Å²) in [4.78, 5) is 31.2. The molecule has 0 aliphatic rings. The lowest BCUT2D eigenvalue weighted by molar-refractivity contribution is -0.149. The maximum absolute atomic E-state index is 13.4. The van der Waals surface area contributed by atoms with Gasteiger partial charge in [-0.05, 0) is 31.5 Å². The Bertz CT molecular complexity index is 1270. The Kier molecular flexibility index (Phi) is 9.70. The number of rotatable bonds is 10. The number of carbonyl (C=O) groups excluding carboxylic acids is 2. The van der Waals surface area contributed by atoms with Crippen LogP contribution in [0.5, 0.6) is 0 Å². The van der Waals surface area contributed by atoms with Gasteiger partial charge in [-0.15, -0.1) is 0 Å². The van der Waals surface area contributed by atoms with Gasteiger partial charge in [0.25, 0.3) is 0 Å². The molecule has 0 aliphatic carbocycles. The molecule has 37 heavy (non-hydrogen) atoms. The number of hydrogen-bond donors (Lipinski definition) is 0. The predicted molar refractivity (Wildman–Crippen MR) is 139 cm³/mol. The maximum Gasteiger partial charge on any atom is 0.331 e. The molecule has 0 spiro atoms. The van der Waals surface area contributed by atoms with E-state index < -0.39 is 29.8 Å². The minimum atomic E-state index is -1.35. The number of ether oxygens (including phenoxy) is 2. The fourth-order valence-electron chi connectivity index (χ4n) is 4.00. The second-order valence-electron chi connectivity index (χ2n) is 8.03. The molecular weight excluding hydrogens is 466 g/mol. The van der Waals surface area contributed by atoms with E-state index in [0.717, 1.165) is 11.1 Å². The van der Waals surface area contributed by atoms with Gasteiger partial charge in [0.05, 0.1) is 36.6 Å². The Balaban J connectivity index is 2.29. The van der Waals surface area contributed by atoms with E-state index in [4.69, 9.17) is 14.5 Å². The molecule has 3 aromatic rings. The molecule has 0 fully saturated rings. The van der Waals surface area contributed by atoms with Crippen LogP contribution in [0, 0.1) is 28.6 Å². The second kappa shape index (κ2) is 13.4. The number of nitrogens with zero attached hydrogens (tertiary/aromatic N) is 3. The molecule has 3 rings (SSSR count). The van der Waals surface area contributed by atoms with Gasteiger partial charge in [0.2, 0.25) is 0 Å². The number of esters is 2. The third-order valence-corrected chi connectivity index (χ3v) is 5.69. The molecule has 0 radical (unpaired) electrons. The molecule has 0 aromatic heterocycles. The van der Waals surface area contributed by atoms with Crippen molar-refractivity contribution in [2.45, 2.75) is 25.8 Å². The topological polar surface area (TPSA) is 113 Å². The number of benzene rings is 3. The summed E-state index contributed by atoms with van der Waals surface area (Å²) in [5.41, 5.74) is 2.91. The Morgan fingerprint density at radius 1 is 0.784 bits per heavy atom. The molecule has 3 atom stereocenters. The van der Waals surface area contributed by atoms with Crippen molar-refractivity contribution in [1.29, 1.82) is 10.5 Å². The molecule has 3 aromatic carbocycles. The fourth-order valence-corrected chi connectivity index (χ4v) is 4.00. The first-order valence-electron chi connectivity index (χ1n) is 12.0. The first kappa shape index (κ1) is 26.8. The zero-order chi connectivity index (χ0) is 26.6. The second-order valence-corrected chi connectivity index (χ2v) is 8.03. The highest BCUT2D eigenvalue weighted by atomic mass is 16.5. The summed E-state index contributed by atoms with van der Waals surface area (Å²) in [6, 6.07) is 27.9. The largest absolute Gasteiger partial charge is 0.465 e. The Morgan fingerprint density at radius 2 is 1.30 bits per heavy atom. The zero-order valence-electron chi connectivity index (χ0n) is 20.7. The van der Waals surface area contributed by atoms with E-state index in [2.05, 4.69) is 6.07 Å². The van der Waals surface area contributed by atoms with Crippen molar-refractivity contribution in [3.8, 4) is 12.1 Å². The lowest BCUT2D eigenvalue weighted by Gasteiger charge is -2.27. The molecule has 0 aliphatic heterocycles. The smallest absolute Gasteiger partial charge is 0.331 e. The van der Waals surface area contributed by atoms with Gasteiger partial charge in [-0.25, -0.2) is 4.79 Å². The highest BCUT2D eigenvalue weighted by Gasteiger charge is 2.41. The van der Waals surface area contributed by atoms with E-state index in [1.54, 1.807) is 38.1 Å². The Labute approximate surface area is 216 Å². The molecule has 0 N–H and O–H groups in total. The van der Waals surface area contributed by atoms with Crippen molar-refractivity contribution in [2.24, 2.45) is 10.9 Å². The van der Waals surface area contributed by atoms with Crippen LogP contribution >= 0.6 is 0 Å². The van der Waals surface area contributed by atoms with E-state index in [0.29, 0.717) is 16.8 Å². The van der Waals surface area contributed by atoms with Gasteiger partial charge in [0, 0.05) is 17.0 Å². The van der Waals surface area contributed by atoms with Crippen molar-refractivity contribution in [3.63, 3.8) is 0 Å². The number of nitriles is 2. The maximum atomic E-state index is 13.4. The average Bonchev–Trinajstić information content (AvgIpc) is 2.94. The van der Waals surface area contributed by atoms with Crippen LogP contribution in [0.2, 0.25) is 0 Å². The average molecular weight is 494 g/mol. The van der Waals surface area contributed by atoms with Gasteiger partial charge >= 0.3 is 11.9 Å².